The Kier molecular flexibility index (Phi) is 4.39. The topological polar surface area (TPSA) is 47.0 Å². The van der Waals surface area contributed by atoms with Crippen LogP contribution in [0.5, 0.6) is 5.88 Å². The van der Waals surface area contributed by atoms with E-state index in [1.54, 1.807) is 0 Å². The van der Waals surface area contributed by atoms with E-state index in [4.69, 9.17) is 4.74 Å². The Morgan fingerprint density at radius 1 is 1.39 bits per heavy atom. The molecule has 0 spiro atoms. The standard InChI is InChI=1S/C14H23N3O/c1-4-8-18-13-9-12(15-10(3)5-2)16-14(17-13)11-6-7-11/h9-11H,4-8H2,1-3H3,(H,15,16,17). The molecule has 1 aromatic heterocycles. The summed E-state index contributed by atoms with van der Waals surface area (Å²) in [7, 11) is 0. The van der Waals surface area contributed by atoms with Crippen molar-refractivity contribution in [2.45, 2.75) is 58.4 Å². The molecule has 1 fully saturated rings. The van der Waals surface area contributed by atoms with Gasteiger partial charge in [-0.25, -0.2) is 4.98 Å². The van der Waals surface area contributed by atoms with Crippen LogP contribution in [0.1, 0.15) is 58.2 Å². The summed E-state index contributed by atoms with van der Waals surface area (Å²) in [4.78, 5) is 9.08. The summed E-state index contributed by atoms with van der Waals surface area (Å²) in [6.45, 7) is 7.13. The molecule has 0 aliphatic heterocycles. The van der Waals surface area contributed by atoms with Crippen LogP contribution >= 0.6 is 0 Å². The summed E-state index contributed by atoms with van der Waals surface area (Å²) in [5, 5.41) is 3.40. The zero-order valence-corrected chi connectivity index (χ0v) is 11.6. The van der Waals surface area contributed by atoms with E-state index in [9.17, 15) is 0 Å². The van der Waals surface area contributed by atoms with Crippen molar-refractivity contribution in [3.05, 3.63) is 11.9 Å². The van der Waals surface area contributed by atoms with Crippen molar-refractivity contribution >= 4 is 5.82 Å². The van der Waals surface area contributed by atoms with Crippen molar-refractivity contribution in [3.8, 4) is 5.88 Å². The van der Waals surface area contributed by atoms with E-state index in [1.165, 1.54) is 12.8 Å². The van der Waals surface area contributed by atoms with Crippen molar-refractivity contribution in [1.82, 2.24) is 9.97 Å². The SMILES string of the molecule is CCCOc1cc(NC(C)CC)nc(C2CC2)n1. The van der Waals surface area contributed by atoms with E-state index < -0.39 is 0 Å². The molecule has 100 valence electrons. The van der Waals surface area contributed by atoms with Crippen molar-refractivity contribution in [1.29, 1.82) is 0 Å². The number of aromatic nitrogens is 2. The van der Waals surface area contributed by atoms with E-state index in [0.717, 1.165) is 24.5 Å². The molecule has 1 saturated carbocycles. The number of anilines is 1. The van der Waals surface area contributed by atoms with Gasteiger partial charge in [-0.2, -0.15) is 4.98 Å². The summed E-state index contributed by atoms with van der Waals surface area (Å²) in [5.74, 6) is 3.09. The second-order valence-electron chi connectivity index (χ2n) is 5.03. The highest BCUT2D eigenvalue weighted by molar-refractivity contribution is 5.40. The molecule has 4 heteroatoms. The molecule has 1 N–H and O–H groups in total. The molecule has 1 aliphatic rings. The fraction of sp³-hybridized carbons (Fsp3) is 0.714. The van der Waals surface area contributed by atoms with Crippen LogP contribution in [0.4, 0.5) is 5.82 Å². The van der Waals surface area contributed by atoms with Gasteiger partial charge < -0.3 is 10.1 Å². The molecule has 1 aliphatic carbocycles. The van der Waals surface area contributed by atoms with Gasteiger partial charge >= 0.3 is 0 Å². The lowest BCUT2D eigenvalue weighted by Crippen LogP contribution is -2.15. The summed E-state index contributed by atoms with van der Waals surface area (Å²) in [6, 6.07) is 2.33. The second kappa shape index (κ2) is 6.03. The van der Waals surface area contributed by atoms with E-state index in [1.807, 2.05) is 6.07 Å². The number of rotatable bonds is 7. The molecular weight excluding hydrogens is 226 g/mol. The molecule has 0 amide bonds. The molecule has 1 unspecified atom stereocenters. The maximum absolute atomic E-state index is 5.64. The maximum Gasteiger partial charge on any atom is 0.218 e. The van der Waals surface area contributed by atoms with Gasteiger partial charge in [-0.3, -0.25) is 0 Å². The van der Waals surface area contributed by atoms with Crippen LogP contribution in [0.25, 0.3) is 0 Å². The molecule has 0 bridgehead atoms. The molecule has 1 heterocycles. The van der Waals surface area contributed by atoms with E-state index >= 15 is 0 Å². The van der Waals surface area contributed by atoms with Crippen LogP contribution in [-0.2, 0) is 0 Å². The van der Waals surface area contributed by atoms with Crippen LogP contribution in [-0.4, -0.2) is 22.6 Å². The Morgan fingerprint density at radius 2 is 2.17 bits per heavy atom. The van der Waals surface area contributed by atoms with Crippen molar-refractivity contribution in [2.75, 3.05) is 11.9 Å². The Morgan fingerprint density at radius 3 is 2.78 bits per heavy atom. The van der Waals surface area contributed by atoms with Crippen LogP contribution in [0.2, 0.25) is 0 Å². The number of hydrogen-bond acceptors (Lipinski definition) is 4. The predicted molar refractivity (Wildman–Crippen MR) is 73.2 cm³/mol. The minimum Gasteiger partial charge on any atom is -0.478 e. The van der Waals surface area contributed by atoms with Gasteiger partial charge in [0.15, 0.2) is 0 Å². The molecule has 0 aromatic carbocycles. The second-order valence-corrected chi connectivity index (χ2v) is 5.03. The highest BCUT2D eigenvalue weighted by Gasteiger charge is 2.27. The molecule has 4 nitrogen and oxygen atoms in total. The van der Waals surface area contributed by atoms with Gasteiger partial charge in [0, 0.05) is 18.0 Å². The predicted octanol–water partition coefficient (Wildman–Crippen LogP) is 3.35. The number of ether oxygens (including phenoxy) is 1. The molecule has 18 heavy (non-hydrogen) atoms. The first-order chi connectivity index (χ1) is 8.72. The summed E-state index contributed by atoms with van der Waals surface area (Å²) in [6.07, 6.45) is 4.49. The zero-order valence-electron chi connectivity index (χ0n) is 11.6. The Bertz CT molecular complexity index is 391. The van der Waals surface area contributed by atoms with Crippen LogP contribution in [0, 0.1) is 0 Å². The molecule has 1 atom stereocenters. The molecular formula is C14H23N3O. The normalized spacial score (nSPS) is 16.4. The quantitative estimate of drug-likeness (QED) is 0.805. The minimum absolute atomic E-state index is 0.422. The Balaban J connectivity index is 2.13. The number of nitrogens with one attached hydrogen (secondary N) is 1. The average Bonchev–Trinajstić information content (AvgIpc) is 3.20. The van der Waals surface area contributed by atoms with Gasteiger partial charge in [-0.05, 0) is 32.6 Å². The number of nitrogens with zero attached hydrogens (tertiary/aromatic N) is 2. The van der Waals surface area contributed by atoms with E-state index in [0.29, 0.717) is 24.4 Å². The van der Waals surface area contributed by atoms with Gasteiger partial charge in [0.05, 0.1) is 6.61 Å². The van der Waals surface area contributed by atoms with Gasteiger partial charge in [-0.1, -0.05) is 13.8 Å². The largest absolute Gasteiger partial charge is 0.478 e. The zero-order chi connectivity index (χ0) is 13.0. The van der Waals surface area contributed by atoms with Crippen molar-refractivity contribution in [2.24, 2.45) is 0 Å². The highest BCUT2D eigenvalue weighted by atomic mass is 16.5. The first-order valence-electron chi connectivity index (χ1n) is 7.01. The van der Waals surface area contributed by atoms with Gasteiger partial charge in [0.1, 0.15) is 11.6 Å². The highest BCUT2D eigenvalue weighted by Crippen LogP contribution is 2.39. The van der Waals surface area contributed by atoms with Gasteiger partial charge in [0.2, 0.25) is 5.88 Å². The van der Waals surface area contributed by atoms with E-state index in [-0.39, 0.29) is 0 Å². The molecule has 2 rings (SSSR count). The smallest absolute Gasteiger partial charge is 0.218 e. The minimum atomic E-state index is 0.422. The third-order valence-corrected chi connectivity index (χ3v) is 3.12. The fourth-order valence-corrected chi connectivity index (χ4v) is 1.68. The molecule has 1 aromatic rings. The first kappa shape index (κ1) is 13.1. The first-order valence-corrected chi connectivity index (χ1v) is 7.01. The van der Waals surface area contributed by atoms with Crippen molar-refractivity contribution in [3.63, 3.8) is 0 Å². The summed E-state index contributed by atoms with van der Waals surface area (Å²) >= 11 is 0. The molecule has 0 saturated heterocycles. The lowest BCUT2D eigenvalue weighted by atomic mass is 10.2. The molecule has 0 radical (unpaired) electrons. The average molecular weight is 249 g/mol. The van der Waals surface area contributed by atoms with Crippen LogP contribution in [0.15, 0.2) is 6.07 Å². The lowest BCUT2D eigenvalue weighted by Gasteiger charge is -2.14. The van der Waals surface area contributed by atoms with Gasteiger partial charge in [-0.15, -0.1) is 0 Å². The Labute approximate surface area is 109 Å². The van der Waals surface area contributed by atoms with Crippen LogP contribution in [0.3, 0.4) is 0 Å². The maximum atomic E-state index is 5.64. The summed E-state index contributed by atoms with van der Waals surface area (Å²) < 4.78 is 5.64. The van der Waals surface area contributed by atoms with Crippen LogP contribution < -0.4 is 10.1 Å². The monoisotopic (exact) mass is 249 g/mol. The fourth-order valence-electron chi connectivity index (χ4n) is 1.68. The summed E-state index contributed by atoms with van der Waals surface area (Å²) in [5.41, 5.74) is 0. The van der Waals surface area contributed by atoms with Gasteiger partial charge in [0.25, 0.3) is 0 Å². The lowest BCUT2D eigenvalue weighted by molar-refractivity contribution is 0.303. The van der Waals surface area contributed by atoms with Crippen molar-refractivity contribution < 1.29 is 4.74 Å². The third-order valence-electron chi connectivity index (χ3n) is 3.12. The Hall–Kier alpha value is -1.32. The third kappa shape index (κ3) is 3.59. The number of hydrogen-bond donors (Lipinski definition) is 1. The van der Waals surface area contributed by atoms with E-state index in [2.05, 4.69) is 36.1 Å².